The van der Waals surface area contributed by atoms with Crippen molar-refractivity contribution in [3.8, 4) is 0 Å². The van der Waals surface area contributed by atoms with E-state index in [4.69, 9.17) is 4.74 Å². The Hall–Kier alpha value is -2.55. The molecule has 2 N–H and O–H groups in total. The van der Waals surface area contributed by atoms with E-state index in [0.717, 1.165) is 4.74 Å². The third-order valence-corrected chi connectivity index (χ3v) is 2.41. The van der Waals surface area contributed by atoms with E-state index in [-0.39, 0.29) is 19.0 Å². The highest BCUT2D eigenvalue weighted by atomic mass is 35.5. The number of aromatic amines is 1. The van der Waals surface area contributed by atoms with Crippen molar-refractivity contribution in [3.63, 3.8) is 0 Å². The van der Waals surface area contributed by atoms with Gasteiger partial charge in [-0.05, 0) is 32.4 Å². The summed E-state index contributed by atoms with van der Waals surface area (Å²) in [5.74, 6) is -0.512. The number of ether oxygens (including phenoxy) is 1. The van der Waals surface area contributed by atoms with Gasteiger partial charge in [0.25, 0.3) is 0 Å². The molecule has 1 amide bonds. The topological polar surface area (TPSA) is 119 Å². The molecule has 0 bridgehead atoms. The number of hydrogen-bond acceptors (Lipinski definition) is 6. The molecule has 0 unspecified atom stereocenters. The zero-order valence-electron chi connectivity index (χ0n) is 12.8. The Bertz CT molecular complexity index is 769. The van der Waals surface area contributed by atoms with Crippen molar-refractivity contribution in [1.82, 2.24) is 14.7 Å². The van der Waals surface area contributed by atoms with Crippen LogP contribution in [0.1, 0.15) is 26.3 Å². The number of halogens is 1. The van der Waals surface area contributed by atoms with Crippen molar-refractivity contribution >= 4 is 24.3 Å². The van der Waals surface area contributed by atoms with E-state index >= 15 is 0 Å². The Morgan fingerprint density at radius 2 is 2.09 bits per heavy atom. The summed E-state index contributed by atoms with van der Waals surface area (Å²) in [6, 6.07) is 3.19. The van der Waals surface area contributed by atoms with Crippen LogP contribution in [0.2, 0.25) is 0 Å². The second-order valence-corrected chi connectivity index (χ2v) is 5.52. The van der Waals surface area contributed by atoms with Crippen molar-refractivity contribution in [2.45, 2.75) is 32.9 Å². The summed E-state index contributed by atoms with van der Waals surface area (Å²) >= 11 is 0. The first kappa shape index (κ1) is 18.5. The molecule has 0 spiro atoms. The van der Waals surface area contributed by atoms with Gasteiger partial charge in [-0.3, -0.25) is 5.32 Å². The molecule has 0 aliphatic rings. The van der Waals surface area contributed by atoms with Crippen LogP contribution in [0.25, 0.3) is 0 Å². The fourth-order valence-corrected chi connectivity index (χ4v) is 1.58. The second kappa shape index (κ2) is 7.14. The third-order valence-electron chi connectivity index (χ3n) is 2.41. The molecule has 0 aromatic carbocycles. The minimum atomic E-state index is -0.818. The molecule has 0 aliphatic heterocycles. The zero-order valence-corrected chi connectivity index (χ0v) is 13.6. The van der Waals surface area contributed by atoms with Crippen LogP contribution in [0.4, 0.5) is 10.6 Å². The molecule has 2 aromatic heterocycles. The van der Waals surface area contributed by atoms with E-state index in [2.05, 4.69) is 14.8 Å². The summed E-state index contributed by atoms with van der Waals surface area (Å²) in [5, 5.41) is 2.48. The molecule has 0 radical (unpaired) electrons. The van der Waals surface area contributed by atoms with Crippen molar-refractivity contribution in [3.05, 3.63) is 44.9 Å². The van der Waals surface area contributed by atoms with Gasteiger partial charge in [-0.1, -0.05) is 6.07 Å². The van der Waals surface area contributed by atoms with Gasteiger partial charge in [0.2, 0.25) is 0 Å². The Kier molecular flexibility index (Phi) is 5.74. The van der Waals surface area contributed by atoms with Gasteiger partial charge in [0, 0.05) is 6.20 Å². The van der Waals surface area contributed by atoms with Crippen molar-refractivity contribution in [1.29, 1.82) is 0 Å². The molecular weight excluding hydrogens is 328 g/mol. The van der Waals surface area contributed by atoms with E-state index in [0.29, 0.717) is 11.4 Å². The van der Waals surface area contributed by atoms with Gasteiger partial charge in [0.05, 0.1) is 6.54 Å². The number of nitrogens with zero attached hydrogens (tertiary/aromatic N) is 2. The number of rotatable bonds is 3. The monoisotopic (exact) mass is 344 g/mol. The molecular formula is C13H17ClN4O5. The predicted molar refractivity (Wildman–Crippen MR) is 84.0 cm³/mol. The third kappa shape index (κ3) is 5.62. The molecule has 0 saturated heterocycles. The Morgan fingerprint density at radius 3 is 2.57 bits per heavy atom. The molecule has 2 heterocycles. The standard InChI is InChI=1S/C13H16N4O5.ClH/c1-13(2,3)21-11(19)15-9-5-4-8(6-14-9)7-17-10(18)16-12(20)22-17;/h4-6H,7H2,1-3H3,(H,14,15,19)(H,16,18,20);1H. The van der Waals surface area contributed by atoms with Crippen LogP contribution in [0, 0.1) is 0 Å². The van der Waals surface area contributed by atoms with Gasteiger partial charge in [0.15, 0.2) is 0 Å². The van der Waals surface area contributed by atoms with E-state index in [1.807, 2.05) is 4.98 Å². The van der Waals surface area contributed by atoms with Crippen molar-refractivity contribution in [2.24, 2.45) is 0 Å². The summed E-state index contributed by atoms with van der Waals surface area (Å²) in [6.45, 7) is 5.32. The summed E-state index contributed by atoms with van der Waals surface area (Å²) < 4.78 is 10.6. The summed E-state index contributed by atoms with van der Waals surface area (Å²) in [5.41, 5.74) is -0.614. The summed E-state index contributed by atoms with van der Waals surface area (Å²) in [6.07, 6.45) is 0.840. The highest BCUT2D eigenvalue weighted by molar-refractivity contribution is 5.85. The predicted octanol–water partition coefficient (Wildman–Crippen LogP) is 1.34. The van der Waals surface area contributed by atoms with Crippen LogP contribution in [0.15, 0.2) is 32.4 Å². The Morgan fingerprint density at radius 1 is 1.39 bits per heavy atom. The van der Waals surface area contributed by atoms with Crippen LogP contribution in [0.5, 0.6) is 0 Å². The summed E-state index contributed by atoms with van der Waals surface area (Å²) in [4.78, 5) is 39.8. The lowest BCUT2D eigenvalue weighted by molar-refractivity contribution is 0.0635. The highest BCUT2D eigenvalue weighted by Gasteiger charge is 2.16. The molecule has 2 rings (SSSR count). The second-order valence-electron chi connectivity index (χ2n) is 5.52. The number of aromatic nitrogens is 3. The van der Waals surface area contributed by atoms with Crippen LogP contribution < -0.4 is 16.8 Å². The van der Waals surface area contributed by atoms with E-state index in [9.17, 15) is 14.4 Å². The first-order chi connectivity index (χ1) is 10.2. The molecule has 0 aliphatic carbocycles. The number of carbonyl (C=O) groups excluding carboxylic acids is 1. The average Bonchev–Trinajstić information content (AvgIpc) is 2.68. The van der Waals surface area contributed by atoms with Gasteiger partial charge < -0.3 is 9.26 Å². The SMILES string of the molecule is CC(C)(C)OC(=O)Nc1ccc(Cn2oc(=O)[nH]c2=O)cn1.Cl. The highest BCUT2D eigenvalue weighted by Crippen LogP contribution is 2.10. The molecule has 9 nitrogen and oxygen atoms in total. The Balaban J connectivity index is 0.00000264. The van der Waals surface area contributed by atoms with Gasteiger partial charge in [0.1, 0.15) is 11.4 Å². The molecule has 23 heavy (non-hydrogen) atoms. The maximum Gasteiger partial charge on any atom is 0.440 e. The van der Waals surface area contributed by atoms with E-state index in [1.54, 1.807) is 32.9 Å². The number of amides is 1. The normalized spacial score (nSPS) is 10.7. The van der Waals surface area contributed by atoms with Crippen LogP contribution in [0.3, 0.4) is 0 Å². The van der Waals surface area contributed by atoms with Crippen molar-refractivity contribution < 1.29 is 14.1 Å². The smallest absolute Gasteiger partial charge is 0.440 e. The number of H-pyrrole nitrogens is 1. The molecule has 10 heteroatoms. The maximum atomic E-state index is 11.6. The number of nitrogens with one attached hydrogen (secondary N) is 2. The maximum absolute atomic E-state index is 11.6. The largest absolute Gasteiger partial charge is 0.444 e. The van der Waals surface area contributed by atoms with Gasteiger partial charge >= 0.3 is 17.5 Å². The lowest BCUT2D eigenvalue weighted by Gasteiger charge is -2.19. The molecule has 0 saturated carbocycles. The fraction of sp³-hybridized carbons (Fsp3) is 0.385. The Labute approximate surface area is 137 Å². The van der Waals surface area contributed by atoms with E-state index < -0.39 is 23.1 Å². The van der Waals surface area contributed by atoms with Crippen LogP contribution in [-0.2, 0) is 11.3 Å². The van der Waals surface area contributed by atoms with Crippen molar-refractivity contribution in [2.75, 3.05) is 5.32 Å². The number of pyridine rings is 1. The molecule has 2 aromatic rings. The van der Waals surface area contributed by atoms with Gasteiger partial charge in [-0.15, -0.1) is 17.1 Å². The molecule has 126 valence electrons. The minimum Gasteiger partial charge on any atom is -0.444 e. The number of carbonyl (C=O) groups is 1. The molecule has 0 fully saturated rings. The number of hydrogen-bond donors (Lipinski definition) is 2. The lowest BCUT2D eigenvalue weighted by atomic mass is 10.2. The van der Waals surface area contributed by atoms with Gasteiger partial charge in [-0.25, -0.2) is 24.4 Å². The fourth-order valence-electron chi connectivity index (χ4n) is 1.58. The average molecular weight is 345 g/mol. The first-order valence-electron chi connectivity index (χ1n) is 6.48. The molecule has 0 atom stereocenters. The zero-order chi connectivity index (χ0) is 16.3. The quantitative estimate of drug-likeness (QED) is 0.867. The van der Waals surface area contributed by atoms with Crippen LogP contribution in [-0.4, -0.2) is 26.4 Å². The first-order valence-corrected chi connectivity index (χ1v) is 6.48. The van der Waals surface area contributed by atoms with Crippen LogP contribution >= 0.6 is 12.4 Å². The van der Waals surface area contributed by atoms with E-state index in [1.165, 1.54) is 6.20 Å². The minimum absolute atomic E-state index is 0. The summed E-state index contributed by atoms with van der Waals surface area (Å²) in [7, 11) is 0. The van der Waals surface area contributed by atoms with Gasteiger partial charge in [-0.2, -0.15) is 0 Å². The number of anilines is 1. The lowest BCUT2D eigenvalue weighted by Crippen LogP contribution is -2.27.